The number of nitrogens with one attached hydrogen (secondary N) is 1. The minimum absolute atomic E-state index is 0.0929. The van der Waals surface area contributed by atoms with E-state index in [4.69, 9.17) is 1.37 Å². The molecule has 2 saturated heterocycles. The summed E-state index contributed by atoms with van der Waals surface area (Å²) in [5.74, 6) is -2.25. The van der Waals surface area contributed by atoms with Crippen LogP contribution in [0.15, 0.2) is 30.3 Å². The van der Waals surface area contributed by atoms with Crippen molar-refractivity contribution >= 4 is 5.91 Å². The number of nitrogens with zero attached hydrogens (tertiary/aromatic N) is 4. The molecule has 202 valence electrons. The third kappa shape index (κ3) is 5.74. The Hall–Kier alpha value is -2.35. The molecule has 3 atom stereocenters. The fourth-order valence-electron chi connectivity index (χ4n) is 6.85. The maximum atomic E-state index is 13.6. The summed E-state index contributed by atoms with van der Waals surface area (Å²) in [7, 11) is 0. The van der Waals surface area contributed by atoms with Crippen molar-refractivity contribution in [1.29, 1.82) is 0 Å². The van der Waals surface area contributed by atoms with Crippen molar-refractivity contribution in [1.82, 2.24) is 25.0 Å². The van der Waals surface area contributed by atoms with Crippen LogP contribution in [0.25, 0.3) is 0 Å². The molecule has 1 aromatic heterocycles. The van der Waals surface area contributed by atoms with Gasteiger partial charge < -0.3 is 9.88 Å². The maximum Gasteiger partial charge on any atom is 0.248 e. The van der Waals surface area contributed by atoms with E-state index < -0.39 is 11.8 Å². The van der Waals surface area contributed by atoms with Crippen LogP contribution < -0.4 is 5.32 Å². The van der Waals surface area contributed by atoms with Crippen molar-refractivity contribution < 1.29 is 14.9 Å². The summed E-state index contributed by atoms with van der Waals surface area (Å²) in [6.07, 6.45) is 5.20. The second kappa shape index (κ2) is 10.8. The number of aromatic nitrogens is 3. The summed E-state index contributed by atoms with van der Waals surface area (Å²) in [4.78, 5) is 15.7. The van der Waals surface area contributed by atoms with Crippen LogP contribution in [0.4, 0.5) is 8.78 Å². The molecule has 0 radical (unpaired) electrons. The molecule has 0 spiro atoms. The molecule has 3 fully saturated rings. The highest BCUT2D eigenvalue weighted by atomic mass is 19.3. The predicted molar refractivity (Wildman–Crippen MR) is 139 cm³/mol. The number of fused-ring (bicyclic) bond motifs is 2. The molecule has 5 rings (SSSR count). The molecule has 2 aromatic rings. The quantitative estimate of drug-likeness (QED) is 0.473. The van der Waals surface area contributed by atoms with Crippen LogP contribution in [-0.4, -0.2) is 50.1 Å². The van der Waals surface area contributed by atoms with Gasteiger partial charge in [-0.3, -0.25) is 9.69 Å². The number of benzene rings is 1. The fraction of sp³-hybridized carbons (Fsp3) is 0.690. The number of hydrogen-bond acceptors (Lipinski definition) is 4. The molecule has 1 N–H and O–H groups in total. The number of rotatable bonds is 8. The second-order valence-corrected chi connectivity index (χ2v) is 11.6. The first kappa shape index (κ1) is 25.0. The number of aryl methyl sites for hydroxylation is 1. The molecular weight excluding hydrogens is 472 g/mol. The third-order valence-electron chi connectivity index (χ3n) is 8.82. The van der Waals surface area contributed by atoms with Gasteiger partial charge in [0.1, 0.15) is 11.6 Å². The molecule has 1 amide bonds. The van der Waals surface area contributed by atoms with E-state index >= 15 is 0 Å². The molecule has 2 aliphatic heterocycles. The number of amides is 1. The number of hydrogen-bond donors (Lipinski definition) is 1. The van der Waals surface area contributed by atoms with Gasteiger partial charge in [-0.15, -0.1) is 10.2 Å². The molecule has 3 heterocycles. The van der Waals surface area contributed by atoms with Gasteiger partial charge >= 0.3 is 0 Å². The van der Waals surface area contributed by atoms with Crippen LogP contribution >= 0.6 is 0 Å². The minimum Gasteiger partial charge on any atom is -0.349 e. The number of carbonyl (C=O) groups excluding carboxylic acids is 1. The van der Waals surface area contributed by atoms with E-state index in [1.165, 1.54) is 0 Å². The SMILES string of the molecule is [2H]C(C)(C)c1nnc(C)n1C1CC2CCC(C1)N2CCC(NC(=O)C1CCC(F)(F)CC1)c1ccccc1. The van der Waals surface area contributed by atoms with Crippen molar-refractivity contribution in [3.05, 3.63) is 47.5 Å². The summed E-state index contributed by atoms with van der Waals surface area (Å²) in [6, 6.07) is 11.1. The van der Waals surface area contributed by atoms with E-state index in [1.807, 2.05) is 51.1 Å². The average molecular weight is 515 g/mol. The Morgan fingerprint density at radius 1 is 1.08 bits per heavy atom. The monoisotopic (exact) mass is 514 g/mol. The standard InChI is InChI=1S/C29H41F2N5O/c1-19(2)27-34-33-20(3)36(27)25-17-23-9-10-24(18-25)35(23)16-13-26(21-7-5-4-6-8-21)32-28(37)22-11-14-29(30,31)15-12-22/h4-8,19,22-26H,9-18H2,1-3H3,(H,32,37)/i19D. The van der Waals surface area contributed by atoms with Crippen LogP contribution in [-0.2, 0) is 4.79 Å². The highest BCUT2D eigenvalue weighted by Gasteiger charge is 2.42. The smallest absolute Gasteiger partial charge is 0.248 e. The first-order valence-corrected chi connectivity index (χ1v) is 13.9. The van der Waals surface area contributed by atoms with Crippen LogP contribution in [0.5, 0.6) is 0 Å². The van der Waals surface area contributed by atoms with Gasteiger partial charge in [0.2, 0.25) is 11.8 Å². The Morgan fingerprint density at radius 2 is 1.73 bits per heavy atom. The van der Waals surface area contributed by atoms with Gasteiger partial charge in [-0.2, -0.15) is 0 Å². The molecule has 1 aromatic carbocycles. The van der Waals surface area contributed by atoms with E-state index in [0.717, 1.165) is 55.9 Å². The lowest BCUT2D eigenvalue weighted by molar-refractivity contribution is -0.130. The predicted octanol–water partition coefficient (Wildman–Crippen LogP) is 5.95. The number of alkyl halides is 2. The highest BCUT2D eigenvalue weighted by molar-refractivity contribution is 5.79. The zero-order chi connectivity index (χ0) is 27.1. The minimum atomic E-state index is -2.64. The molecule has 37 heavy (non-hydrogen) atoms. The Labute approximate surface area is 220 Å². The molecule has 2 bridgehead atoms. The van der Waals surface area contributed by atoms with E-state index in [2.05, 4.69) is 25.0 Å². The van der Waals surface area contributed by atoms with Crippen molar-refractivity contribution in [3.8, 4) is 0 Å². The lowest BCUT2D eigenvalue weighted by Gasteiger charge is -2.40. The summed E-state index contributed by atoms with van der Waals surface area (Å²) in [5.41, 5.74) is 1.06. The Morgan fingerprint density at radius 3 is 2.35 bits per heavy atom. The number of carbonyl (C=O) groups is 1. The normalized spacial score (nSPS) is 27.6. The first-order valence-electron chi connectivity index (χ1n) is 14.4. The van der Waals surface area contributed by atoms with Gasteiger partial charge in [-0.05, 0) is 57.4 Å². The van der Waals surface area contributed by atoms with E-state index in [0.29, 0.717) is 18.1 Å². The van der Waals surface area contributed by atoms with Gasteiger partial charge in [0.15, 0.2) is 0 Å². The summed E-state index contributed by atoms with van der Waals surface area (Å²) >= 11 is 0. The molecule has 8 heteroatoms. The van der Waals surface area contributed by atoms with Crippen molar-refractivity contribution in [2.45, 2.75) is 115 Å². The topological polar surface area (TPSA) is 63.1 Å². The van der Waals surface area contributed by atoms with Crippen molar-refractivity contribution in [2.75, 3.05) is 6.54 Å². The van der Waals surface area contributed by atoms with E-state index in [9.17, 15) is 13.6 Å². The third-order valence-corrected chi connectivity index (χ3v) is 8.82. The Kier molecular flexibility index (Phi) is 7.28. The zero-order valence-electron chi connectivity index (χ0n) is 23.3. The van der Waals surface area contributed by atoms with E-state index in [1.54, 1.807) is 0 Å². The lowest BCUT2D eigenvalue weighted by Crippen LogP contribution is -2.45. The van der Waals surface area contributed by atoms with Gasteiger partial charge in [0, 0.05) is 50.7 Å². The Bertz CT molecular complexity index is 1090. The van der Waals surface area contributed by atoms with Gasteiger partial charge in [-0.25, -0.2) is 8.78 Å². The fourth-order valence-corrected chi connectivity index (χ4v) is 6.85. The molecule has 6 nitrogen and oxygen atoms in total. The van der Waals surface area contributed by atoms with Gasteiger partial charge in [-0.1, -0.05) is 44.2 Å². The summed E-state index contributed by atoms with van der Waals surface area (Å²) in [6.45, 7) is 6.60. The van der Waals surface area contributed by atoms with Crippen LogP contribution in [0.3, 0.4) is 0 Å². The first-order chi connectivity index (χ1) is 18.0. The molecule has 3 aliphatic rings. The maximum absolute atomic E-state index is 13.6. The number of piperidine rings is 1. The van der Waals surface area contributed by atoms with Crippen molar-refractivity contribution in [3.63, 3.8) is 0 Å². The van der Waals surface area contributed by atoms with Gasteiger partial charge in [0.25, 0.3) is 0 Å². The van der Waals surface area contributed by atoms with Crippen molar-refractivity contribution in [2.24, 2.45) is 5.92 Å². The zero-order valence-corrected chi connectivity index (χ0v) is 22.3. The molecule has 1 saturated carbocycles. The average Bonchev–Trinajstić information content (AvgIpc) is 3.37. The van der Waals surface area contributed by atoms with Crippen LogP contribution in [0.2, 0.25) is 0 Å². The van der Waals surface area contributed by atoms with Crippen LogP contribution in [0, 0.1) is 12.8 Å². The molecular formula is C29H41F2N5O. The largest absolute Gasteiger partial charge is 0.349 e. The highest BCUT2D eigenvalue weighted by Crippen LogP contribution is 2.42. The summed E-state index contributed by atoms with van der Waals surface area (Å²) < 4.78 is 38.0. The Balaban J connectivity index is 1.25. The number of halogens is 2. The molecule has 1 aliphatic carbocycles. The second-order valence-electron chi connectivity index (χ2n) is 11.6. The molecule has 3 unspecified atom stereocenters. The van der Waals surface area contributed by atoms with E-state index in [-0.39, 0.29) is 43.6 Å². The summed E-state index contributed by atoms with van der Waals surface area (Å²) in [5, 5.41) is 11.9. The van der Waals surface area contributed by atoms with Crippen LogP contribution in [0.1, 0.15) is 108 Å². The van der Waals surface area contributed by atoms with Gasteiger partial charge in [0.05, 0.1) is 6.04 Å². The lowest BCUT2D eigenvalue weighted by atomic mass is 9.86.